The number of ether oxygens (including phenoxy) is 1. The molecule has 35 heavy (non-hydrogen) atoms. The number of anilines is 1. The van der Waals surface area contributed by atoms with Crippen LogP contribution in [0.4, 0.5) is 5.82 Å². The maximum absolute atomic E-state index is 13.4. The highest BCUT2D eigenvalue weighted by molar-refractivity contribution is 7.89. The maximum Gasteiger partial charge on any atom is 0.259 e. The summed E-state index contributed by atoms with van der Waals surface area (Å²) in [5.41, 5.74) is 8.07. The van der Waals surface area contributed by atoms with E-state index < -0.39 is 16.1 Å². The number of nitrogens with zero attached hydrogens (tertiary/aromatic N) is 4. The van der Waals surface area contributed by atoms with Crippen LogP contribution in [0.2, 0.25) is 5.02 Å². The van der Waals surface area contributed by atoms with Crippen molar-refractivity contribution in [1.29, 1.82) is 0 Å². The zero-order valence-electron chi connectivity index (χ0n) is 18.8. The zero-order valence-corrected chi connectivity index (χ0v) is 20.4. The number of halogens is 1. The number of rotatable bonds is 6. The Morgan fingerprint density at radius 2 is 2.03 bits per heavy atom. The van der Waals surface area contributed by atoms with Crippen molar-refractivity contribution in [1.82, 2.24) is 24.2 Å². The predicted octanol–water partition coefficient (Wildman–Crippen LogP) is 2.39. The Bertz CT molecular complexity index is 1540. The summed E-state index contributed by atoms with van der Waals surface area (Å²) in [6.45, 7) is 0.288. The van der Waals surface area contributed by atoms with Gasteiger partial charge in [-0.05, 0) is 42.0 Å². The molecule has 1 atom stereocenters. The molecule has 12 heteroatoms. The highest BCUT2D eigenvalue weighted by Crippen LogP contribution is 2.27. The van der Waals surface area contributed by atoms with Crippen molar-refractivity contribution in [3.63, 3.8) is 0 Å². The topological polar surface area (TPSA) is 135 Å². The summed E-state index contributed by atoms with van der Waals surface area (Å²) in [6.07, 6.45) is 1.39. The third-order valence-corrected chi connectivity index (χ3v) is 8.08. The van der Waals surface area contributed by atoms with Crippen molar-refractivity contribution >= 4 is 55.2 Å². The van der Waals surface area contributed by atoms with Crippen LogP contribution in [0.25, 0.3) is 21.8 Å². The van der Waals surface area contributed by atoms with Gasteiger partial charge in [0.25, 0.3) is 10.0 Å². The number of aromatic nitrogens is 3. The van der Waals surface area contributed by atoms with Crippen LogP contribution in [0, 0.1) is 0 Å². The third kappa shape index (κ3) is 4.43. The van der Waals surface area contributed by atoms with E-state index >= 15 is 0 Å². The molecule has 1 amide bonds. The minimum Gasteiger partial charge on any atom is -0.383 e. The number of piperazine rings is 1. The SMILES string of the molecule is COC[C@H]1CN(S(=O)(=O)c2cc3cc(Cl)ccc3[nH]2)CC(=O)N1Cc1ccc2c(N)ncnc2c1. The Kier molecular flexibility index (Phi) is 6.09. The number of amides is 1. The number of fused-ring (bicyclic) bond motifs is 2. The second-order valence-corrected chi connectivity index (χ2v) is 10.7. The van der Waals surface area contributed by atoms with Crippen LogP contribution in [0.1, 0.15) is 5.56 Å². The van der Waals surface area contributed by atoms with E-state index in [1.165, 1.54) is 23.8 Å². The molecule has 1 aliphatic heterocycles. The molecule has 0 saturated carbocycles. The smallest absolute Gasteiger partial charge is 0.259 e. The standard InChI is InChI=1S/C23H23ClN6O4S/c1-34-12-17-10-29(35(32,33)21-8-15-7-16(24)3-5-19(15)28-21)11-22(31)30(17)9-14-2-4-18-20(6-14)26-13-27-23(18)25/h2-8,13,17,28H,9-12H2,1H3,(H2,25,26,27)/t17-/m1/s1. The average Bonchev–Trinajstić information content (AvgIpc) is 3.25. The Morgan fingerprint density at radius 1 is 1.20 bits per heavy atom. The Morgan fingerprint density at radius 3 is 2.83 bits per heavy atom. The molecule has 1 saturated heterocycles. The lowest BCUT2D eigenvalue weighted by Gasteiger charge is -2.40. The Hall–Kier alpha value is -3.25. The zero-order chi connectivity index (χ0) is 24.7. The molecule has 2 aromatic heterocycles. The molecule has 0 aliphatic carbocycles. The Labute approximate surface area is 206 Å². The number of hydrogen-bond acceptors (Lipinski definition) is 7. The van der Waals surface area contributed by atoms with Gasteiger partial charge in [0, 0.05) is 41.5 Å². The van der Waals surface area contributed by atoms with Crippen molar-refractivity contribution in [3.05, 3.63) is 59.4 Å². The molecule has 0 unspecified atom stereocenters. The molecule has 0 radical (unpaired) electrons. The number of carbonyl (C=O) groups excluding carboxylic acids is 1. The van der Waals surface area contributed by atoms with Crippen LogP contribution in [-0.4, -0.2) is 71.3 Å². The Balaban J connectivity index is 1.41. The first-order valence-corrected chi connectivity index (χ1v) is 12.6. The number of H-pyrrole nitrogens is 1. The van der Waals surface area contributed by atoms with E-state index in [4.69, 9.17) is 22.1 Å². The number of hydrogen-bond donors (Lipinski definition) is 2. The van der Waals surface area contributed by atoms with E-state index in [2.05, 4.69) is 15.0 Å². The number of sulfonamides is 1. The minimum atomic E-state index is -3.95. The third-order valence-electron chi connectivity index (χ3n) is 6.11. The first kappa shape index (κ1) is 23.5. The number of methoxy groups -OCH3 is 1. The molecule has 0 spiro atoms. The molecule has 3 heterocycles. The van der Waals surface area contributed by atoms with E-state index in [0.29, 0.717) is 27.3 Å². The first-order valence-electron chi connectivity index (χ1n) is 10.8. The number of nitrogens with two attached hydrogens (primary N) is 1. The molecule has 5 rings (SSSR count). The fourth-order valence-corrected chi connectivity index (χ4v) is 5.97. The summed E-state index contributed by atoms with van der Waals surface area (Å²) in [5, 5.41) is 1.92. The molecule has 2 aromatic carbocycles. The van der Waals surface area contributed by atoms with Gasteiger partial charge >= 0.3 is 0 Å². The van der Waals surface area contributed by atoms with Crippen LogP contribution in [0.15, 0.2) is 53.8 Å². The quantitative estimate of drug-likeness (QED) is 0.403. The molecule has 1 fully saturated rings. The van der Waals surface area contributed by atoms with Crippen LogP contribution in [0.5, 0.6) is 0 Å². The van der Waals surface area contributed by atoms with Gasteiger partial charge in [0.1, 0.15) is 17.2 Å². The maximum atomic E-state index is 13.4. The summed E-state index contributed by atoms with van der Waals surface area (Å²) in [5.74, 6) is 0.0660. The summed E-state index contributed by atoms with van der Waals surface area (Å²) in [6, 6.07) is 11.7. The molecule has 3 N–H and O–H groups in total. The van der Waals surface area contributed by atoms with Gasteiger partial charge < -0.3 is 20.4 Å². The molecule has 0 bridgehead atoms. The van der Waals surface area contributed by atoms with Gasteiger partial charge in [-0.1, -0.05) is 17.7 Å². The lowest BCUT2D eigenvalue weighted by molar-refractivity contribution is -0.139. The lowest BCUT2D eigenvalue weighted by atomic mass is 10.1. The van der Waals surface area contributed by atoms with E-state index in [1.807, 2.05) is 18.2 Å². The summed E-state index contributed by atoms with van der Waals surface area (Å²) in [4.78, 5) is 26.0. The monoisotopic (exact) mass is 514 g/mol. The van der Waals surface area contributed by atoms with Gasteiger partial charge in [-0.15, -0.1) is 0 Å². The van der Waals surface area contributed by atoms with E-state index in [1.54, 1.807) is 23.1 Å². The highest BCUT2D eigenvalue weighted by atomic mass is 35.5. The minimum absolute atomic E-state index is 0.0129. The number of carbonyl (C=O) groups is 1. The molecule has 182 valence electrons. The summed E-state index contributed by atoms with van der Waals surface area (Å²) in [7, 11) is -2.43. The number of nitrogen functional groups attached to an aromatic ring is 1. The van der Waals surface area contributed by atoms with Crippen LogP contribution >= 0.6 is 11.6 Å². The van der Waals surface area contributed by atoms with E-state index in [-0.39, 0.29) is 37.2 Å². The fraction of sp³-hybridized carbons (Fsp3) is 0.261. The second-order valence-electron chi connectivity index (χ2n) is 8.40. The van der Waals surface area contributed by atoms with Crippen LogP contribution < -0.4 is 5.73 Å². The average molecular weight is 515 g/mol. The van der Waals surface area contributed by atoms with Crippen LogP contribution in [-0.2, 0) is 26.1 Å². The molecule has 4 aromatic rings. The van der Waals surface area contributed by atoms with Crippen LogP contribution in [0.3, 0.4) is 0 Å². The number of aromatic amines is 1. The summed E-state index contributed by atoms with van der Waals surface area (Å²) >= 11 is 6.04. The largest absolute Gasteiger partial charge is 0.383 e. The van der Waals surface area contributed by atoms with Crippen molar-refractivity contribution in [2.75, 3.05) is 32.5 Å². The van der Waals surface area contributed by atoms with Gasteiger partial charge in [0.2, 0.25) is 5.91 Å². The van der Waals surface area contributed by atoms with E-state index in [0.717, 1.165) is 10.9 Å². The molecular weight excluding hydrogens is 492 g/mol. The predicted molar refractivity (Wildman–Crippen MR) is 132 cm³/mol. The van der Waals surface area contributed by atoms with Crippen molar-refractivity contribution in [3.8, 4) is 0 Å². The molecular formula is C23H23ClN6O4S. The fourth-order valence-electron chi connectivity index (χ4n) is 4.35. The lowest BCUT2D eigenvalue weighted by Crippen LogP contribution is -2.58. The van der Waals surface area contributed by atoms with Crippen molar-refractivity contribution in [2.45, 2.75) is 17.6 Å². The highest BCUT2D eigenvalue weighted by Gasteiger charge is 2.39. The first-order chi connectivity index (χ1) is 16.8. The van der Waals surface area contributed by atoms with Gasteiger partial charge in [-0.2, -0.15) is 4.31 Å². The van der Waals surface area contributed by atoms with Crippen molar-refractivity contribution < 1.29 is 17.9 Å². The number of benzene rings is 2. The molecule has 10 nitrogen and oxygen atoms in total. The van der Waals surface area contributed by atoms with Gasteiger partial charge in [-0.25, -0.2) is 18.4 Å². The van der Waals surface area contributed by atoms with E-state index in [9.17, 15) is 13.2 Å². The van der Waals surface area contributed by atoms with Gasteiger partial charge in [0.15, 0.2) is 0 Å². The second kappa shape index (κ2) is 9.08. The summed E-state index contributed by atoms with van der Waals surface area (Å²) < 4.78 is 33.3. The van der Waals surface area contributed by atoms with Gasteiger partial charge in [0.05, 0.1) is 24.7 Å². The van der Waals surface area contributed by atoms with Gasteiger partial charge in [-0.3, -0.25) is 4.79 Å². The van der Waals surface area contributed by atoms with Crippen molar-refractivity contribution in [2.24, 2.45) is 0 Å². The number of nitrogens with one attached hydrogen (secondary N) is 1. The normalized spacial score (nSPS) is 17.5. The molecule has 1 aliphatic rings.